The van der Waals surface area contributed by atoms with Gasteiger partial charge in [-0.3, -0.25) is 24.1 Å². The Balaban J connectivity index is 2.26. The topological polar surface area (TPSA) is 218 Å². The van der Waals surface area contributed by atoms with Crippen molar-refractivity contribution >= 4 is 35.7 Å². The summed E-state index contributed by atoms with van der Waals surface area (Å²) in [4.78, 5) is 79.1. The number of hydrogen-bond donors (Lipinski definition) is 6. The maximum atomic E-state index is 13.7. The van der Waals surface area contributed by atoms with Crippen LogP contribution in [-0.4, -0.2) is 108 Å². The smallest absolute Gasteiger partial charge is 0.408 e. The van der Waals surface area contributed by atoms with E-state index in [1.54, 1.807) is 39.5 Å². The summed E-state index contributed by atoms with van der Waals surface area (Å²) in [6, 6.07) is 4.39. The standard InChI is InChI=1S/C36H58N6O9/c1-9-22(4)30(33(47)40-29(21(2)3)34(48)50-8)41-32(46)26-16-13-17-42(26)20-27(43)24(18-23-14-11-10-12-15-23)38-31(45)25(19-28(37)44)39-35(49)51-36(5,6)7/h10-12,14-15,21-22,24-27,29-30,43H,9,13,16-20H2,1-8H3,(H2,37,44)(H,38,45)(H,39,49)(H,40,47)(H,41,46)/t22-,24-,25-,26+,27-,29-,30-/m0/s1. The van der Waals surface area contributed by atoms with Crippen LogP contribution in [0.3, 0.4) is 0 Å². The quantitative estimate of drug-likeness (QED) is 0.119. The summed E-state index contributed by atoms with van der Waals surface area (Å²) < 4.78 is 10.1. The van der Waals surface area contributed by atoms with Crippen LogP contribution in [-0.2, 0) is 39.9 Å². The van der Waals surface area contributed by atoms with Crippen LogP contribution >= 0.6 is 0 Å². The number of amides is 5. The predicted molar refractivity (Wildman–Crippen MR) is 190 cm³/mol. The van der Waals surface area contributed by atoms with E-state index in [0.717, 1.165) is 5.56 Å². The highest BCUT2D eigenvalue weighted by atomic mass is 16.6. The molecule has 1 aliphatic rings. The zero-order chi connectivity index (χ0) is 38.5. The summed E-state index contributed by atoms with van der Waals surface area (Å²) in [5.41, 5.74) is 5.33. The number of nitrogens with zero attached hydrogens (tertiary/aromatic N) is 1. The Hall–Kier alpha value is -4.24. The van der Waals surface area contributed by atoms with E-state index in [0.29, 0.717) is 25.8 Å². The van der Waals surface area contributed by atoms with Gasteiger partial charge in [-0.25, -0.2) is 9.59 Å². The van der Waals surface area contributed by atoms with E-state index in [2.05, 4.69) is 21.3 Å². The van der Waals surface area contributed by atoms with E-state index in [1.807, 2.05) is 44.2 Å². The fraction of sp³-hybridized carbons (Fsp3) is 0.667. The number of benzene rings is 1. The van der Waals surface area contributed by atoms with Crippen molar-refractivity contribution in [3.63, 3.8) is 0 Å². The Morgan fingerprint density at radius 3 is 2.16 bits per heavy atom. The molecule has 0 unspecified atom stereocenters. The molecule has 1 aromatic rings. The molecule has 1 aromatic carbocycles. The first-order valence-electron chi connectivity index (χ1n) is 17.6. The van der Waals surface area contributed by atoms with E-state index in [1.165, 1.54) is 7.11 Å². The van der Waals surface area contributed by atoms with Gasteiger partial charge in [-0.1, -0.05) is 64.4 Å². The Bertz CT molecular complexity index is 1340. The van der Waals surface area contributed by atoms with Gasteiger partial charge in [-0.2, -0.15) is 0 Å². The van der Waals surface area contributed by atoms with Crippen molar-refractivity contribution in [1.29, 1.82) is 0 Å². The minimum atomic E-state index is -1.37. The summed E-state index contributed by atoms with van der Waals surface area (Å²) in [5.74, 6) is -3.55. The van der Waals surface area contributed by atoms with Crippen LogP contribution in [0.25, 0.3) is 0 Å². The molecule has 1 fully saturated rings. The lowest BCUT2D eigenvalue weighted by Crippen LogP contribution is -2.59. The van der Waals surface area contributed by atoms with Gasteiger partial charge in [0.1, 0.15) is 23.7 Å². The van der Waals surface area contributed by atoms with E-state index >= 15 is 0 Å². The maximum Gasteiger partial charge on any atom is 0.408 e. The number of carbonyl (C=O) groups is 6. The molecule has 7 N–H and O–H groups in total. The summed E-state index contributed by atoms with van der Waals surface area (Å²) in [5, 5.41) is 22.4. The lowest BCUT2D eigenvalue weighted by molar-refractivity contribution is -0.147. The van der Waals surface area contributed by atoms with Crippen LogP contribution < -0.4 is 27.0 Å². The molecule has 15 heteroatoms. The average molecular weight is 719 g/mol. The van der Waals surface area contributed by atoms with E-state index < -0.39 is 84.0 Å². The molecule has 0 aliphatic carbocycles. The molecule has 5 amide bonds. The lowest BCUT2D eigenvalue weighted by atomic mass is 9.96. The zero-order valence-corrected chi connectivity index (χ0v) is 31.2. The van der Waals surface area contributed by atoms with Crippen LogP contribution in [0.1, 0.15) is 79.7 Å². The fourth-order valence-corrected chi connectivity index (χ4v) is 5.82. The number of β-amino-alcohol motifs (C(OH)–C–C–N with tert-alkyl or cyclic N) is 1. The number of methoxy groups -OCH3 is 1. The van der Waals surface area contributed by atoms with Crippen molar-refractivity contribution in [3.8, 4) is 0 Å². The van der Waals surface area contributed by atoms with Gasteiger partial charge in [-0.15, -0.1) is 0 Å². The number of nitrogens with one attached hydrogen (secondary N) is 4. The van der Waals surface area contributed by atoms with Crippen LogP contribution in [0.5, 0.6) is 0 Å². The third-order valence-electron chi connectivity index (χ3n) is 8.80. The molecule has 0 bridgehead atoms. The SMILES string of the molecule is CC[C@H](C)[C@H](NC(=O)[C@H]1CCCN1C[C@H](O)[C@H](Cc1ccccc1)NC(=O)[C@H](CC(N)=O)NC(=O)OC(C)(C)C)C(=O)N[C@H](C(=O)OC)C(C)C. The highest BCUT2D eigenvalue weighted by molar-refractivity contribution is 5.92. The van der Waals surface area contributed by atoms with Crippen molar-refractivity contribution in [2.45, 2.75) is 122 Å². The number of esters is 1. The van der Waals surface area contributed by atoms with Crippen molar-refractivity contribution < 1.29 is 43.3 Å². The molecule has 0 saturated carbocycles. The predicted octanol–water partition coefficient (Wildman–Crippen LogP) is 1.15. The van der Waals surface area contributed by atoms with Crippen molar-refractivity contribution in [1.82, 2.24) is 26.2 Å². The molecule has 0 radical (unpaired) electrons. The van der Waals surface area contributed by atoms with Gasteiger partial charge in [0.15, 0.2) is 0 Å². The van der Waals surface area contributed by atoms with E-state index in [4.69, 9.17) is 15.2 Å². The van der Waals surface area contributed by atoms with Gasteiger partial charge < -0.3 is 41.6 Å². The molecular weight excluding hydrogens is 660 g/mol. The minimum Gasteiger partial charge on any atom is -0.467 e. The van der Waals surface area contributed by atoms with Crippen LogP contribution in [0.2, 0.25) is 0 Å². The first-order valence-corrected chi connectivity index (χ1v) is 17.6. The minimum absolute atomic E-state index is 0.00614. The number of primary amides is 1. The molecular formula is C36H58N6O9. The Morgan fingerprint density at radius 1 is 0.961 bits per heavy atom. The Morgan fingerprint density at radius 2 is 1.61 bits per heavy atom. The largest absolute Gasteiger partial charge is 0.467 e. The molecule has 286 valence electrons. The number of ether oxygens (including phenoxy) is 2. The second-order valence-corrected chi connectivity index (χ2v) is 14.5. The number of rotatable bonds is 18. The Labute approximate surface area is 301 Å². The monoisotopic (exact) mass is 718 g/mol. The van der Waals surface area contributed by atoms with Gasteiger partial charge in [0, 0.05) is 6.54 Å². The van der Waals surface area contributed by atoms with Crippen LogP contribution in [0.4, 0.5) is 4.79 Å². The second kappa shape index (κ2) is 20.0. The lowest BCUT2D eigenvalue weighted by Gasteiger charge is -2.33. The molecule has 1 saturated heterocycles. The third-order valence-corrected chi connectivity index (χ3v) is 8.80. The van der Waals surface area contributed by atoms with Gasteiger partial charge in [0.25, 0.3) is 0 Å². The summed E-state index contributed by atoms with van der Waals surface area (Å²) >= 11 is 0. The molecule has 7 atom stereocenters. The Kier molecular flexibility index (Phi) is 16.8. The van der Waals surface area contributed by atoms with Crippen LogP contribution in [0, 0.1) is 11.8 Å². The molecule has 2 rings (SSSR count). The van der Waals surface area contributed by atoms with Crippen LogP contribution in [0.15, 0.2) is 30.3 Å². The number of hydrogen-bond acceptors (Lipinski definition) is 10. The number of nitrogens with two attached hydrogens (primary N) is 1. The maximum absolute atomic E-state index is 13.7. The molecule has 15 nitrogen and oxygen atoms in total. The number of carbonyl (C=O) groups excluding carboxylic acids is 6. The van der Waals surface area contributed by atoms with E-state index in [9.17, 15) is 33.9 Å². The molecule has 1 heterocycles. The van der Waals surface area contributed by atoms with Gasteiger partial charge in [-0.05, 0) is 64.0 Å². The van der Waals surface area contributed by atoms with Crippen molar-refractivity contribution in [2.75, 3.05) is 20.2 Å². The van der Waals surface area contributed by atoms with E-state index in [-0.39, 0.29) is 24.8 Å². The molecule has 0 spiro atoms. The number of likely N-dealkylation sites (tertiary alicyclic amines) is 1. The van der Waals surface area contributed by atoms with Gasteiger partial charge in [0.2, 0.25) is 23.6 Å². The number of aliphatic hydroxyl groups is 1. The molecule has 51 heavy (non-hydrogen) atoms. The molecule has 0 aromatic heterocycles. The highest BCUT2D eigenvalue weighted by Gasteiger charge is 2.38. The first kappa shape index (κ1) is 42.9. The highest BCUT2D eigenvalue weighted by Crippen LogP contribution is 2.21. The fourth-order valence-electron chi connectivity index (χ4n) is 5.82. The zero-order valence-electron chi connectivity index (χ0n) is 31.2. The third kappa shape index (κ3) is 14.1. The summed E-state index contributed by atoms with van der Waals surface area (Å²) in [6.45, 7) is 12.7. The average Bonchev–Trinajstić information content (AvgIpc) is 3.51. The number of aliphatic hydroxyl groups excluding tert-OH is 1. The van der Waals surface area contributed by atoms with Crippen molar-refractivity contribution in [2.24, 2.45) is 17.6 Å². The summed E-state index contributed by atoms with van der Waals surface area (Å²) in [6.07, 6.45) is -0.712. The normalized spacial score (nSPS) is 18.4. The van der Waals surface area contributed by atoms with Crippen molar-refractivity contribution in [3.05, 3.63) is 35.9 Å². The van der Waals surface area contributed by atoms with Gasteiger partial charge in [0.05, 0.1) is 31.7 Å². The van der Waals surface area contributed by atoms with Gasteiger partial charge >= 0.3 is 12.1 Å². The molecule has 1 aliphatic heterocycles. The number of alkyl carbamates (subject to hydrolysis) is 1. The summed E-state index contributed by atoms with van der Waals surface area (Å²) in [7, 11) is 1.25. The second-order valence-electron chi connectivity index (χ2n) is 14.5. The first-order chi connectivity index (χ1) is 23.9.